The van der Waals surface area contributed by atoms with Crippen molar-refractivity contribution >= 4 is 16.0 Å². The number of benzene rings is 1. The van der Waals surface area contributed by atoms with Gasteiger partial charge in [-0.1, -0.05) is 6.92 Å². The Morgan fingerprint density at radius 1 is 1.33 bits per heavy atom. The molecule has 0 saturated carbocycles. The maximum atomic E-state index is 13.2. The summed E-state index contributed by atoms with van der Waals surface area (Å²) in [5, 5.41) is 8.59. The van der Waals surface area contributed by atoms with Gasteiger partial charge in [-0.25, -0.2) is 17.5 Å². The van der Waals surface area contributed by atoms with Gasteiger partial charge < -0.3 is 5.11 Å². The van der Waals surface area contributed by atoms with Gasteiger partial charge in [-0.05, 0) is 49.4 Å². The fraction of sp³-hybridized carbons (Fsp3) is 0.500. The number of aliphatic carboxylic acids is 1. The Bertz CT molecular complexity index is 605. The fourth-order valence-electron chi connectivity index (χ4n) is 2.12. The van der Waals surface area contributed by atoms with E-state index in [-0.39, 0.29) is 23.8 Å². The SMILES string of the molecule is Cc1cc(F)cc(C)c1S(=O)(=O)NCC(C)CCC(=O)O. The minimum absolute atomic E-state index is 0.00248. The normalized spacial score (nSPS) is 13.1. The molecule has 0 spiro atoms. The lowest BCUT2D eigenvalue weighted by Gasteiger charge is -2.15. The van der Waals surface area contributed by atoms with Crippen molar-refractivity contribution < 1.29 is 22.7 Å². The molecule has 5 nitrogen and oxygen atoms in total. The molecular formula is C14H20FNO4S. The molecule has 0 heterocycles. The Morgan fingerprint density at radius 3 is 2.33 bits per heavy atom. The Hall–Kier alpha value is -1.47. The van der Waals surface area contributed by atoms with E-state index >= 15 is 0 Å². The van der Waals surface area contributed by atoms with E-state index in [2.05, 4.69) is 4.72 Å². The van der Waals surface area contributed by atoms with Crippen LogP contribution in [0.2, 0.25) is 0 Å². The number of carboxylic acid groups (broad SMARTS) is 1. The second-order valence-electron chi connectivity index (χ2n) is 5.26. The van der Waals surface area contributed by atoms with Crippen molar-refractivity contribution in [3.8, 4) is 0 Å². The molecule has 21 heavy (non-hydrogen) atoms. The summed E-state index contributed by atoms with van der Waals surface area (Å²) in [5.74, 6) is -1.48. The highest BCUT2D eigenvalue weighted by atomic mass is 32.2. The van der Waals surface area contributed by atoms with Crippen molar-refractivity contribution in [1.82, 2.24) is 4.72 Å². The lowest BCUT2D eigenvalue weighted by molar-refractivity contribution is -0.137. The van der Waals surface area contributed by atoms with E-state index in [1.165, 1.54) is 12.1 Å². The van der Waals surface area contributed by atoms with Crippen molar-refractivity contribution in [3.05, 3.63) is 29.1 Å². The lowest BCUT2D eigenvalue weighted by Crippen LogP contribution is -2.29. The van der Waals surface area contributed by atoms with Crippen LogP contribution < -0.4 is 4.72 Å². The van der Waals surface area contributed by atoms with Gasteiger partial charge >= 0.3 is 5.97 Å². The summed E-state index contributed by atoms with van der Waals surface area (Å²) in [6.45, 7) is 5.00. The molecule has 0 aliphatic heterocycles. The summed E-state index contributed by atoms with van der Waals surface area (Å²) in [6.07, 6.45) is 0.386. The smallest absolute Gasteiger partial charge is 0.303 e. The molecule has 0 aliphatic rings. The van der Waals surface area contributed by atoms with Crippen LogP contribution in [-0.2, 0) is 14.8 Å². The highest BCUT2D eigenvalue weighted by molar-refractivity contribution is 7.89. The summed E-state index contributed by atoms with van der Waals surface area (Å²) >= 11 is 0. The number of hydrogen-bond donors (Lipinski definition) is 2. The molecular weight excluding hydrogens is 297 g/mol. The topological polar surface area (TPSA) is 83.5 Å². The van der Waals surface area contributed by atoms with E-state index in [0.29, 0.717) is 17.5 Å². The van der Waals surface area contributed by atoms with Gasteiger partial charge in [-0.15, -0.1) is 0 Å². The number of rotatable bonds is 7. The third-order valence-electron chi connectivity index (χ3n) is 3.17. The summed E-state index contributed by atoms with van der Waals surface area (Å²) in [6, 6.07) is 2.35. The zero-order valence-corrected chi connectivity index (χ0v) is 13.1. The molecule has 0 saturated heterocycles. The summed E-state index contributed by atoms with van der Waals surface area (Å²) < 4.78 is 40.2. The number of carbonyl (C=O) groups is 1. The molecule has 0 aromatic heterocycles. The molecule has 1 atom stereocenters. The minimum Gasteiger partial charge on any atom is -0.481 e. The first-order valence-corrected chi connectivity index (χ1v) is 8.10. The molecule has 0 aliphatic carbocycles. The fourth-order valence-corrected chi connectivity index (χ4v) is 3.73. The van der Waals surface area contributed by atoms with Crippen molar-refractivity contribution in [1.29, 1.82) is 0 Å². The first-order valence-electron chi connectivity index (χ1n) is 6.61. The lowest BCUT2D eigenvalue weighted by atomic mass is 10.1. The predicted molar refractivity (Wildman–Crippen MR) is 77.1 cm³/mol. The van der Waals surface area contributed by atoms with Gasteiger partial charge in [-0.3, -0.25) is 4.79 Å². The van der Waals surface area contributed by atoms with Crippen molar-refractivity contribution in [3.63, 3.8) is 0 Å². The maximum Gasteiger partial charge on any atom is 0.303 e. The standard InChI is InChI=1S/C14H20FNO4S/c1-9(4-5-13(17)18)8-16-21(19,20)14-10(2)6-12(15)7-11(14)3/h6-7,9,16H,4-5,8H2,1-3H3,(H,17,18). The Balaban J connectivity index is 2.81. The average Bonchev–Trinajstić information content (AvgIpc) is 2.32. The molecule has 1 aromatic rings. The number of halogens is 1. The highest BCUT2D eigenvalue weighted by Crippen LogP contribution is 2.21. The van der Waals surface area contributed by atoms with Gasteiger partial charge in [0.15, 0.2) is 0 Å². The summed E-state index contributed by atoms with van der Waals surface area (Å²) in [4.78, 5) is 10.6. The molecule has 1 unspecified atom stereocenters. The predicted octanol–water partition coefficient (Wildman–Crippen LogP) is 2.22. The zero-order chi connectivity index (χ0) is 16.2. The Labute approximate surface area is 124 Å². The third kappa shape index (κ3) is 5.09. The average molecular weight is 317 g/mol. The van der Waals surface area contributed by atoms with Crippen LogP contribution in [-0.4, -0.2) is 26.0 Å². The van der Waals surface area contributed by atoms with Gasteiger partial charge in [0.25, 0.3) is 0 Å². The first-order chi connectivity index (χ1) is 9.63. The molecule has 0 amide bonds. The molecule has 0 fully saturated rings. The molecule has 2 N–H and O–H groups in total. The van der Waals surface area contributed by atoms with Crippen LogP contribution in [0.4, 0.5) is 4.39 Å². The van der Waals surface area contributed by atoms with Gasteiger partial charge in [-0.2, -0.15) is 0 Å². The van der Waals surface area contributed by atoms with Crippen molar-refractivity contribution in [2.24, 2.45) is 5.92 Å². The summed E-state index contributed by atoms with van der Waals surface area (Å²) in [5.41, 5.74) is 0.691. The zero-order valence-electron chi connectivity index (χ0n) is 12.3. The number of hydrogen-bond acceptors (Lipinski definition) is 3. The van der Waals surface area contributed by atoms with Crippen LogP contribution in [0.3, 0.4) is 0 Å². The quantitative estimate of drug-likeness (QED) is 0.807. The minimum atomic E-state index is -3.74. The highest BCUT2D eigenvalue weighted by Gasteiger charge is 2.21. The van der Waals surface area contributed by atoms with E-state index in [1.807, 2.05) is 0 Å². The summed E-state index contributed by atoms with van der Waals surface area (Å²) in [7, 11) is -3.74. The van der Waals surface area contributed by atoms with Crippen molar-refractivity contribution in [2.75, 3.05) is 6.54 Å². The van der Waals surface area contributed by atoms with Gasteiger partial charge in [0.2, 0.25) is 10.0 Å². The second kappa shape index (κ2) is 7.00. The monoisotopic (exact) mass is 317 g/mol. The van der Waals surface area contributed by atoms with E-state index in [4.69, 9.17) is 5.11 Å². The van der Waals surface area contributed by atoms with Crippen LogP contribution in [0.5, 0.6) is 0 Å². The van der Waals surface area contributed by atoms with Crippen LogP contribution in [0.1, 0.15) is 30.9 Å². The van der Waals surface area contributed by atoms with E-state index in [1.54, 1.807) is 20.8 Å². The van der Waals surface area contributed by atoms with Crippen LogP contribution >= 0.6 is 0 Å². The van der Waals surface area contributed by atoms with Gasteiger partial charge in [0.05, 0.1) is 4.90 Å². The Kier molecular flexibility index (Phi) is 5.86. The molecule has 1 rings (SSSR count). The van der Waals surface area contributed by atoms with Crippen LogP contribution in [0, 0.1) is 25.6 Å². The van der Waals surface area contributed by atoms with Crippen molar-refractivity contribution in [2.45, 2.75) is 38.5 Å². The molecule has 118 valence electrons. The number of nitrogens with one attached hydrogen (secondary N) is 1. The number of sulfonamides is 1. The van der Waals surface area contributed by atoms with E-state index in [9.17, 15) is 17.6 Å². The number of carboxylic acids is 1. The first kappa shape index (κ1) is 17.6. The van der Waals surface area contributed by atoms with Gasteiger partial charge in [0, 0.05) is 13.0 Å². The van der Waals surface area contributed by atoms with Gasteiger partial charge in [0.1, 0.15) is 5.82 Å². The number of aryl methyl sites for hydroxylation is 2. The third-order valence-corrected chi connectivity index (χ3v) is 4.89. The molecule has 0 radical (unpaired) electrons. The Morgan fingerprint density at radius 2 is 1.86 bits per heavy atom. The maximum absolute atomic E-state index is 13.2. The molecule has 7 heteroatoms. The van der Waals surface area contributed by atoms with E-state index in [0.717, 1.165) is 0 Å². The van der Waals surface area contributed by atoms with Crippen LogP contribution in [0.15, 0.2) is 17.0 Å². The molecule has 1 aromatic carbocycles. The van der Waals surface area contributed by atoms with E-state index < -0.39 is 21.8 Å². The largest absolute Gasteiger partial charge is 0.481 e. The molecule has 0 bridgehead atoms. The second-order valence-corrected chi connectivity index (χ2v) is 6.96. The van der Waals surface area contributed by atoms with Crippen LogP contribution in [0.25, 0.3) is 0 Å².